The van der Waals surface area contributed by atoms with E-state index in [1.165, 1.54) is 29.0 Å². The zero-order chi connectivity index (χ0) is 19.8. The van der Waals surface area contributed by atoms with Gasteiger partial charge >= 0.3 is 0 Å². The lowest BCUT2D eigenvalue weighted by molar-refractivity contribution is -0.117. The summed E-state index contributed by atoms with van der Waals surface area (Å²) in [5, 5.41) is 0. The first-order chi connectivity index (χ1) is 13.6. The highest BCUT2D eigenvalue weighted by Crippen LogP contribution is 2.03. The minimum Gasteiger partial charge on any atom is -0.310 e. The summed E-state index contributed by atoms with van der Waals surface area (Å²) in [6.45, 7) is 0.354. The predicted octanol–water partition coefficient (Wildman–Crippen LogP) is 2.37. The van der Waals surface area contributed by atoms with Crippen molar-refractivity contribution in [2.75, 3.05) is 0 Å². The van der Waals surface area contributed by atoms with E-state index in [4.69, 9.17) is 0 Å². The fourth-order valence-corrected chi connectivity index (χ4v) is 2.54. The second kappa shape index (κ2) is 9.14. The van der Waals surface area contributed by atoms with Crippen molar-refractivity contribution in [3.8, 4) is 0 Å². The first kappa shape index (κ1) is 18.8. The Kier molecular flexibility index (Phi) is 6.15. The van der Waals surface area contributed by atoms with E-state index < -0.39 is 11.8 Å². The van der Waals surface area contributed by atoms with E-state index in [2.05, 4.69) is 10.9 Å². The lowest BCUT2D eigenvalue weighted by Crippen LogP contribution is -2.41. The summed E-state index contributed by atoms with van der Waals surface area (Å²) in [5.74, 6) is -0.974. The van der Waals surface area contributed by atoms with Crippen molar-refractivity contribution < 1.29 is 9.59 Å². The molecule has 0 atom stereocenters. The second-order valence-electron chi connectivity index (χ2n) is 6.06. The molecule has 2 N–H and O–H groups in total. The third-order valence-corrected chi connectivity index (χ3v) is 3.97. The highest BCUT2D eigenvalue weighted by Gasteiger charge is 2.08. The van der Waals surface area contributed by atoms with Crippen LogP contribution in [0.15, 0.2) is 89.9 Å². The summed E-state index contributed by atoms with van der Waals surface area (Å²) in [6.07, 6.45) is 4.43. The normalized spacial score (nSPS) is 10.6. The maximum atomic E-state index is 12.3. The monoisotopic (exact) mass is 373 g/mol. The van der Waals surface area contributed by atoms with Gasteiger partial charge in [0.25, 0.3) is 17.4 Å². The molecule has 0 aliphatic rings. The summed E-state index contributed by atoms with van der Waals surface area (Å²) in [7, 11) is 0. The second-order valence-corrected chi connectivity index (χ2v) is 6.06. The van der Waals surface area contributed by atoms with Crippen molar-refractivity contribution in [1.82, 2.24) is 15.4 Å². The molecule has 0 saturated heterocycles. The molecule has 3 rings (SSSR count). The van der Waals surface area contributed by atoms with E-state index in [1.807, 2.05) is 60.7 Å². The van der Waals surface area contributed by atoms with Crippen LogP contribution in [0.3, 0.4) is 0 Å². The van der Waals surface area contributed by atoms with Gasteiger partial charge in [-0.05, 0) is 23.3 Å². The summed E-state index contributed by atoms with van der Waals surface area (Å²) in [6, 6.07) is 21.5. The van der Waals surface area contributed by atoms with Gasteiger partial charge in [-0.2, -0.15) is 0 Å². The molecule has 0 unspecified atom stereocenters. The lowest BCUT2D eigenvalue weighted by Gasteiger charge is -2.09. The van der Waals surface area contributed by atoms with Crippen LogP contribution in [0.25, 0.3) is 6.08 Å². The van der Waals surface area contributed by atoms with Gasteiger partial charge in [0.1, 0.15) is 0 Å². The minimum atomic E-state index is -0.511. The van der Waals surface area contributed by atoms with Gasteiger partial charge in [0, 0.05) is 18.3 Å². The summed E-state index contributed by atoms with van der Waals surface area (Å²) < 4.78 is 1.45. The number of rotatable bonds is 5. The van der Waals surface area contributed by atoms with E-state index >= 15 is 0 Å². The summed E-state index contributed by atoms with van der Waals surface area (Å²) in [5.41, 5.74) is 6.53. The highest BCUT2D eigenvalue weighted by molar-refractivity contribution is 5.97. The standard InChI is InChI=1S/C22H19N3O3/c26-20(13-11-17-7-3-1-4-8-17)23-24-22(28)19-12-14-21(27)25(16-19)15-18-9-5-2-6-10-18/h1-14,16H,15H2,(H,23,26)(H,24,28)/b13-11-. The maximum Gasteiger partial charge on any atom is 0.271 e. The van der Waals surface area contributed by atoms with Crippen LogP contribution < -0.4 is 16.4 Å². The molecule has 28 heavy (non-hydrogen) atoms. The third-order valence-electron chi connectivity index (χ3n) is 3.97. The average Bonchev–Trinajstić information content (AvgIpc) is 2.73. The molecule has 140 valence electrons. The number of carbonyl (C=O) groups is 2. The Morgan fingerprint density at radius 1 is 0.857 bits per heavy atom. The zero-order valence-electron chi connectivity index (χ0n) is 15.0. The van der Waals surface area contributed by atoms with Crippen LogP contribution in [0.1, 0.15) is 21.5 Å². The number of pyridine rings is 1. The van der Waals surface area contributed by atoms with Gasteiger partial charge in [-0.1, -0.05) is 60.7 Å². The van der Waals surface area contributed by atoms with Crippen molar-refractivity contribution in [1.29, 1.82) is 0 Å². The lowest BCUT2D eigenvalue weighted by atomic mass is 10.2. The number of hydrogen-bond donors (Lipinski definition) is 2. The minimum absolute atomic E-state index is 0.213. The highest BCUT2D eigenvalue weighted by atomic mass is 16.2. The average molecular weight is 373 g/mol. The molecule has 0 fully saturated rings. The number of nitrogens with zero attached hydrogens (tertiary/aromatic N) is 1. The van der Waals surface area contributed by atoms with Crippen LogP contribution in [-0.2, 0) is 11.3 Å². The van der Waals surface area contributed by atoms with Gasteiger partial charge < -0.3 is 4.57 Å². The van der Waals surface area contributed by atoms with Crippen LogP contribution in [0.2, 0.25) is 0 Å². The number of hydrogen-bond acceptors (Lipinski definition) is 3. The smallest absolute Gasteiger partial charge is 0.271 e. The molecule has 0 bridgehead atoms. The number of hydrazine groups is 1. The third kappa shape index (κ3) is 5.28. The van der Waals surface area contributed by atoms with E-state index in [1.54, 1.807) is 6.08 Å². The molecule has 6 nitrogen and oxygen atoms in total. The Balaban J connectivity index is 1.61. The van der Waals surface area contributed by atoms with Crippen molar-refractivity contribution in [3.05, 3.63) is 112 Å². The molecule has 2 aromatic carbocycles. The van der Waals surface area contributed by atoms with Gasteiger partial charge in [0.05, 0.1) is 12.1 Å². The number of amides is 2. The van der Waals surface area contributed by atoms with E-state index in [9.17, 15) is 14.4 Å². The summed E-state index contributed by atoms with van der Waals surface area (Å²) in [4.78, 5) is 36.2. The molecule has 0 aliphatic heterocycles. The maximum absolute atomic E-state index is 12.3. The van der Waals surface area contributed by atoms with Gasteiger partial charge in [-0.15, -0.1) is 0 Å². The van der Waals surface area contributed by atoms with E-state index in [0.29, 0.717) is 6.54 Å². The first-order valence-corrected chi connectivity index (χ1v) is 8.70. The number of aromatic nitrogens is 1. The Labute approximate surface area is 162 Å². The molecular weight excluding hydrogens is 354 g/mol. The molecule has 6 heteroatoms. The topological polar surface area (TPSA) is 80.2 Å². The zero-order valence-corrected chi connectivity index (χ0v) is 15.0. The van der Waals surface area contributed by atoms with Crippen LogP contribution in [-0.4, -0.2) is 16.4 Å². The van der Waals surface area contributed by atoms with Gasteiger partial charge in [0.15, 0.2) is 0 Å². The molecule has 3 aromatic rings. The molecule has 1 aromatic heterocycles. The molecular formula is C22H19N3O3. The van der Waals surface area contributed by atoms with Crippen LogP contribution in [0.5, 0.6) is 0 Å². The van der Waals surface area contributed by atoms with E-state index in [-0.39, 0.29) is 11.1 Å². The van der Waals surface area contributed by atoms with Crippen molar-refractivity contribution in [3.63, 3.8) is 0 Å². The predicted molar refractivity (Wildman–Crippen MR) is 107 cm³/mol. The number of carbonyl (C=O) groups excluding carboxylic acids is 2. The quantitative estimate of drug-likeness (QED) is 0.532. The SMILES string of the molecule is O=C(/C=C\c1ccccc1)NNC(=O)c1ccc(=O)n(Cc2ccccc2)c1. The largest absolute Gasteiger partial charge is 0.310 e. The van der Waals surface area contributed by atoms with Crippen LogP contribution >= 0.6 is 0 Å². The van der Waals surface area contributed by atoms with E-state index in [0.717, 1.165) is 11.1 Å². The van der Waals surface area contributed by atoms with Gasteiger partial charge in [-0.25, -0.2) is 0 Å². The van der Waals surface area contributed by atoms with Gasteiger partial charge in [-0.3, -0.25) is 25.2 Å². The molecule has 1 heterocycles. The van der Waals surface area contributed by atoms with Crippen LogP contribution in [0.4, 0.5) is 0 Å². The van der Waals surface area contributed by atoms with Crippen molar-refractivity contribution in [2.24, 2.45) is 0 Å². The Hall–Kier alpha value is -3.93. The Morgan fingerprint density at radius 2 is 1.54 bits per heavy atom. The molecule has 0 radical (unpaired) electrons. The number of benzene rings is 2. The fraction of sp³-hybridized carbons (Fsp3) is 0.0455. The van der Waals surface area contributed by atoms with Crippen molar-refractivity contribution in [2.45, 2.75) is 6.54 Å². The molecule has 2 amide bonds. The van der Waals surface area contributed by atoms with Gasteiger partial charge in [0.2, 0.25) is 0 Å². The molecule has 0 spiro atoms. The molecule has 0 aliphatic carbocycles. The molecule has 0 saturated carbocycles. The summed E-state index contributed by atoms with van der Waals surface area (Å²) >= 11 is 0. The number of nitrogens with one attached hydrogen (secondary N) is 2. The first-order valence-electron chi connectivity index (χ1n) is 8.70. The Bertz CT molecular complexity index is 1040. The van der Waals surface area contributed by atoms with Crippen LogP contribution in [0, 0.1) is 0 Å². The van der Waals surface area contributed by atoms with Crippen molar-refractivity contribution >= 4 is 17.9 Å². The fourth-order valence-electron chi connectivity index (χ4n) is 2.54. The Morgan fingerprint density at radius 3 is 2.25 bits per heavy atom.